The third kappa shape index (κ3) is 2.96. The Balaban J connectivity index is 2.00. The number of primary amides is 1. The first kappa shape index (κ1) is 13.2. The van der Waals surface area contributed by atoms with Crippen LogP contribution < -0.4 is 11.1 Å². The van der Waals surface area contributed by atoms with Crippen molar-refractivity contribution in [1.82, 2.24) is 14.3 Å². The maximum atomic E-state index is 10.8. The molecule has 0 unspecified atom stereocenters. The van der Waals surface area contributed by atoms with E-state index in [9.17, 15) is 4.79 Å². The zero-order chi connectivity index (χ0) is 14.0. The number of nitrogens with zero attached hydrogens (tertiary/aromatic N) is 3. The molecule has 0 atom stereocenters. The maximum absolute atomic E-state index is 10.8. The molecular formula is C13H19N5O. The molecule has 0 aliphatic heterocycles. The number of anilines is 1. The summed E-state index contributed by atoms with van der Waals surface area (Å²) >= 11 is 0. The summed E-state index contributed by atoms with van der Waals surface area (Å²) in [5.41, 5.74) is 9.72. The smallest absolute Gasteiger partial charge is 0.239 e. The van der Waals surface area contributed by atoms with Crippen LogP contribution in [-0.4, -0.2) is 20.3 Å². The lowest BCUT2D eigenvalue weighted by Crippen LogP contribution is -2.18. The minimum Gasteiger partial charge on any atom is -0.378 e. The number of rotatable bonds is 5. The number of amides is 1. The lowest BCUT2D eigenvalue weighted by atomic mass is 10.2. The van der Waals surface area contributed by atoms with Crippen LogP contribution in [0.15, 0.2) is 18.5 Å². The Morgan fingerprint density at radius 2 is 2.21 bits per heavy atom. The fourth-order valence-electron chi connectivity index (χ4n) is 2.01. The van der Waals surface area contributed by atoms with E-state index in [1.165, 1.54) is 21.6 Å². The van der Waals surface area contributed by atoms with Gasteiger partial charge in [0.2, 0.25) is 5.91 Å². The molecule has 3 N–H and O–H groups in total. The normalized spacial score (nSPS) is 10.7. The van der Waals surface area contributed by atoms with Gasteiger partial charge in [0.15, 0.2) is 0 Å². The Morgan fingerprint density at radius 3 is 2.79 bits per heavy atom. The van der Waals surface area contributed by atoms with Gasteiger partial charge in [-0.05, 0) is 25.5 Å². The van der Waals surface area contributed by atoms with Crippen molar-refractivity contribution >= 4 is 11.6 Å². The summed E-state index contributed by atoms with van der Waals surface area (Å²) in [5, 5.41) is 7.35. The largest absolute Gasteiger partial charge is 0.378 e. The summed E-state index contributed by atoms with van der Waals surface area (Å²) in [6, 6.07) is 2.16. The summed E-state index contributed by atoms with van der Waals surface area (Å²) in [6.07, 6.45) is 3.46. The van der Waals surface area contributed by atoms with E-state index >= 15 is 0 Å². The number of carbonyl (C=O) groups is 1. The van der Waals surface area contributed by atoms with Crippen LogP contribution in [0, 0.1) is 13.8 Å². The molecule has 102 valence electrons. The van der Waals surface area contributed by atoms with E-state index in [0.29, 0.717) is 0 Å². The standard InChI is InChI=1S/C13H19N5O/c1-9-4-11(10(2)17(9)3)5-15-12-6-16-18(7-12)8-13(14)19/h4,6-7,15H,5,8H2,1-3H3,(H2,14,19). The molecule has 0 saturated heterocycles. The van der Waals surface area contributed by atoms with E-state index in [1.807, 2.05) is 0 Å². The Bertz CT molecular complexity index is 596. The third-order valence-corrected chi connectivity index (χ3v) is 3.31. The average molecular weight is 261 g/mol. The second kappa shape index (κ2) is 5.17. The highest BCUT2D eigenvalue weighted by Crippen LogP contribution is 2.15. The lowest BCUT2D eigenvalue weighted by Gasteiger charge is -2.04. The second-order valence-electron chi connectivity index (χ2n) is 4.70. The van der Waals surface area contributed by atoms with E-state index in [1.54, 1.807) is 12.4 Å². The van der Waals surface area contributed by atoms with Gasteiger partial charge in [-0.25, -0.2) is 0 Å². The maximum Gasteiger partial charge on any atom is 0.239 e. The van der Waals surface area contributed by atoms with Gasteiger partial charge in [-0.2, -0.15) is 5.10 Å². The Morgan fingerprint density at radius 1 is 1.47 bits per heavy atom. The van der Waals surface area contributed by atoms with Crippen LogP contribution in [0.1, 0.15) is 17.0 Å². The summed E-state index contributed by atoms with van der Waals surface area (Å²) < 4.78 is 3.68. The zero-order valence-corrected chi connectivity index (χ0v) is 11.5. The van der Waals surface area contributed by atoms with Crippen LogP contribution in [0.4, 0.5) is 5.69 Å². The first-order valence-corrected chi connectivity index (χ1v) is 6.14. The van der Waals surface area contributed by atoms with Crippen molar-refractivity contribution in [2.24, 2.45) is 12.8 Å². The summed E-state index contributed by atoms with van der Waals surface area (Å²) in [7, 11) is 2.05. The van der Waals surface area contributed by atoms with Crippen molar-refractivity contribution < 1.29 is 4.79 Å². The molecule has 2 aromatic heterocycles. The molecule has 0 aliphatic rings. The minimum atomic E-state index is -0.399. The first-order valence-electron chi connectivity index (χ1n) is 6.14. The Hall–Kier alpha value is -2.24. The molecule has 2 aromatic rings. The van der Waals surface area contributed by atoms with E-state index in [0.717, 1.165) is 12.2 Å². The average Bonchev–Trinajstić information content (AvgIpc) is 2.87. The summed E-state index contributed by atoms with van der Waals surface area (Å²) in [4.78, 5) is 10.8. The zero-order valence-electron chi connectivity index (χ0n) is 11.5. The molecule has 0 aliphatic carbocycles. The molecule has 0 spiro atoms. The van der Waals surface area contributed by atoms with Crippen LogP contribution in [0.2, 0.25) is 0 Å². The van der Waals surface area contributed by atoms with Crippen LogP contribution in [0.5, 0.6) is 0 Å². The third-order valence-electron chi connectivity index (χ3n) is 3.31. The number of nitrogens with two attached hydrogens (primary N) is 1. The molecule has 0 fully saturated rings. The highest BCUT2D eigenvalue weighted by atomic mass is 16.1. The van der Waals surface area contributed by atoms with Gasteiger partial charge in [0.25, 0.3) is 0 Å². The van der Waals surface area contributed by atoms with Crippen molar-refractivity contribution in [1.29, 1.82) is 0 Å². The molecule has 0 bridgehead atoms. The molecule has 2 rings (SSSR count). The number of hydrogen-bond acceptors (Lipinski definition) is 3. The van der Waals surface area contributed by atoms with Gasteiger partial charge >= 0.3 is 0 Å². The topological polar surface area (TPSA) is 77.9 Å². The summed E-state index contributed by atoms with van der Waals surface area (Å²) in [6.45, 7) is 5.02. The van der Waals surface area contributed by atoms with Crippen LogP contribution in [0.3, 0.4) is 0 Å². The van der Waals surface area contributed by atoms with Crippen molar-refractivity contribution in [2.75, 3.05) is 5.32 Å². The Kier molecular flexibility index (Phi) is 3.59. The number of aryl methyl sites for hydroxylation is 1. The molecule has 0 saturated carbocycles. The predicted molar refractivity (Wildman–Crippen MR) is 73.6 cm³/mol. The van der Waals surface area contributed by atoms with E-state index in [-0.39, 0.29) is 6.54 Å². The van der Waals surface area contributed by atoms with Crippen LogP contribution >= 0.6 is 0 Å². The summed E-state index contributed by atoms with van der Waals surface area (Å²) in [5.74, 6) is -0.399. The van der Waals surface area contributed by atoms with Gasteiger partial charge in [-0.1, -0.05) is 0 Å². The monoisotopic (exact) mass is 261 g/mol. The van der Waals surface area contributed by atoms with E-state index in [4.69, 9.17) is 5.73 Å². The van der Waals surface area contributed by atoms with Gasteiger partial charge in [0.05, 0.1) is 11.9 Å². The number of nitrogens with one attached hydrogen (secondary N) is 1. The van der Waals surface area contributed by atoms with E-state index < -0.39 is 5.91 Å². The first-order chi connectivity index (χ1) is 8.97. The molecular weight excluding hydrogens is 242 g/mol. The van der Waals surface area contributed by atoms with Crippen molar-refractivity contribution in [3.63, 3.8) is 0 Å². The lowest BCUT2D eigenvalue weighted by molar-refractivity contribution is -0.118. The van der Waals surface area contributed by atoms with E-state index in [2.05, 4.69) is 41.9 Å². The quantitative estimate of drug-likeness (QED) is 0.840. The minimum absolute atomic E-state index is 0.102. The van der Waals surface area contributed by atoms with Gasteiger partial charge in [-0.15, -0.1) is 0 Å². The molecule has 0 radical (unpaired) electrons. The number of carbonyl (C=O) groups excluding carboxylic acids is 1. The molecule has 2 heterocycles. The fourth-order valence-corrected chi connectivity index (χ4v) is 2.01. The van der Waals surface area contributed by atoms with Gasteiger partial charge < -0.3 is 15.6 Å². The molecule has 1 amide bonds. The fraction of sp³-hybridized carbons (Fsp3) is 0.385. The van der Waals surface area contributed by atoms with Gasteiger partial charge in [0.1, 0.15) is 6.54 Å². The van der Waals surface area contributed by atoms with Crippen LogP contribution in [0.25, 0.3) is 0 Å². The van der Waals surface area contributed by atoms with Crippen LogP contribution in [-0.2, 0) is 24.9 Å². The Labute approximate surface area is 112 Å². The van der Waals surface area contributed by atoms with Crippen molar-refractivity contribution in [3.05, 3.63) is 35.4 Å². The van der Waals surface area contributed by atoms with Crippen molar-refractivity contribution in [2.45, 2.75) is 26.9 Å². The number of hydrogen-bond donors (Lipinski definition) is 2. The molecule has 19 heavy (non-hydrogen) atoms. The highest BCUT2D eigenvalue weighted by Gasteiger charge is 2.06. The highest BCUT2D eigenvalue weighted by molar-refractivity contribution is 5.73. The van der Waals surface area contributed by atoms with Gasteiger partial charge in [-0.3, -0.25) is 9.48 Å². The van der Waals surface area contributed by atoms with Crippen molar-refractivity contribution in [3.8, 4) is 0 Å². The van der Waals surface area contributed by atoms with Gasteiger partial charge in [0, 0.05) is 31.2 Å². The molecule has 6 heteroatoms. The SMILES string of the molecule is Cc1cc(CNc2cnn(CC(N)=O)c2)c(C)n1C. The second-order valence-corrected chi connectivity index (χ2v) is 4.70. The molecule has 6 nitrogen and oxygen atoms in total. The predicted octanol–water partition coefficient (Wildman–Crippen LogP) is 0.936. The number of aromatic nitrogens is 3. The molecule has 0 aromatic carbocycles.